The van der Waals surface area contributed by atoms with E-state index in [2.05, 4.69) is 18.3 Å². The van der Waals surface area contributed by atoms with E-state index in [-0.39, 0.29) is 0 Å². The Balaban J connectivity index is 1.97. The van der Waals surface area contributed by atoms with Crippen LogP contribution in [0.15, 0.2) is 18.2 Å². The number of hydrogen-bond acceptors (Lipinski definition) is 1. The third-order valence-electron chi connectivity index (χ3n) is 3.53. The molecule has 0 aliphatic heterocycles. The Morgan fingerprint density at radius 3 is 2.76 bits per heavy atom. The van der Waals surface area contributed by atoms with Gasteiger partial charge in [-0.1, -0.05) is 36.2 Å². The van der Waals surface area contributed by atoms with Crippen molar-refractivity contribution in [3.63, 3.8) is 0 Å². The smallest absolute Gasteiger partial charge is 0.0595 e. The van der Waals surface area contributed by atoms with Gasteiger partial charge in [-0.3, -0.25) is 0 Å². The summed E-state index contributed by atoms with van der Waals surface area (Å²) in [6.07, 6.45) is 4.94. The zero-order valence-corrected chi connectivity index (χ0v) is 11.7. The summed E-state index contributed by atoms with van der Waals surface area (Å²) in [4.78, 5) is 0. The average molecular weight is 272 g/mol. The van der Waals surface area contributed by atoms with Gasteiger partial charge >= 0.3 is 0 Å². The highest BCUT2D eigenvalue weighted by molar-refractivity contribution is 6.42. The first-order valence-corrected chi connectivity index (χ1v) is 7.14. The van der Waals surface area contributed by atoms with Gasteiger partial charge < -0.3 is 5.32 Å². The quantitative estimate of drug-likeness (QED) is 0.842. The van der Waals surface area contributed by atoms with Crippen LogP contribution in [0.25, 0.3) is 0 Å². The lowest BCUT2D eigenvalue weighted by molar-refractivity contribution is 0.517. The van der Waals surface area contributed by atoms with Crippen molar-refractivity contribution >= 4 is 23.2 Å². The minimum atomic E-state index is 0.638. The maximum atomic E-state index is 6.06. The standard InChI is InChI=1S/C14H19Cl2N/c1-2-7-17-12-5-3-10(8-12)11-4-6-13(15)14(16)9-11/h4,6,9-10,12,17H,2-3,5,7-8H2,1H3. The van der Waals surface area contributed by atoms with Gasteiger partial charge in [0.15, 0.2) is 0 Å². The maximum Gasteiger partial charge on any atom is 0.0595 e. The van der Waals surface area contributed by atoms with Gasteiger partial charge in [-0.05, 0) is 55.8 Å². The van der Waals surface area contributed by atoms with Crippen molar-refractivity contribution in [2.24, 2.45) is 0 Å². The molecule has 94 valence electrons. The Bertz CT molecular complexity index is 378. The summed E-state index contributed by atoms with van der Waals surface area (Å²) >= 11 is 12.0. The molecular formula is C14H19Cl2N. The Labute approximate surface area is 114 Å². The molecule has 0 bridgehead atoms. The Kier molecular flexibility index (Phi) is 4.72. The third-order valence-corrected chi connectivity index (χ3v) is 4.27. The van der Waals surface area contributed by atoms with Crippen LogP contribution >= 0.6 is 23.2 Å². The number of rotatable bonds is 4. The minimum Gasteiger partial charge on any atom is -0.314 e. The largest absolute Gasteiger partial charge is 0.314 e. The fourth-order valence-corrected chi connectivity index (χ4v) is 2.89. The van der Waals surface area contributed by atoms with Crippen molar-refractivity contribution in [1.82, 2.24) is 5.32 Å². The summed E-state index contributed by atoms with van der Waals surface area (Å²) in [5, 5.41) is 4.92. The van der Waals surface area contributed by atoms with E-state index in [0.717, 1.165) is 6.54 Å². The van der Waals surface area contributed by atoms with Gasteiger partial charge in [0, 0.05) is 6.04 Å². The molecule has 0 aromatic heterocycles. The number of halogens is 2. The molecule has 1 aliphatic carbocycles. The van der Waals surface area contributed by atoms with E-state index < -0.39 is 0 Å². The number of benzene rings is 1. The first kappa shape index (κ1) is 13.2. The monoisotopic (exact) mass is 271 g/mol. The molecule has 0 spiro atoms. The number of hydrogen-bond donors (Lipinski definition) is 1. The fourth-order valence-electron chi connectivity index (χ4n) is 2.58. The van der Waals surface area contributed by atoms with Crippen LogP contribution in [0.3, 0.4) is 0 Å². The predicted molar refractivity (Wildman–Crippen MR) is 75.1 cm³/mol. The van der Waals surface area contributed by atoms with E-state index in [1.807, 2.05) is 12.1 Å². The summed E-state index contributed by atoms with van der Waals surface area (Å²) in [6.45, 7) is 3.33. The molecule has 0 heterocycles. The predicted octanol–water partition coefficient (Wildman–Crippen LogP) is 4.63. The van der Waals surface area contributed by atoms with Gasteiger partial charge in [-0.15, -0.1) is 0 Å². The van der Waals surface area contributed by atoms with Gasteiger partial charge in [0.2, 0.25) is 0 Å². The lowest BCUT2D eigenvalue weighted by Crippen LogP contribution is -2.26. The first-order chi connectivity index (χ1) is 8.20. The highest BCUT2D eigenvalue weighted by atomic mass is 35.5. The Hall–Kier alpha value is -0.240. The highest BCUT2D eigenvalue weighted by Gasteiger charge is 2.25. The zero-order valence-electron chi connectivity index (χ0n) is 10.2. The van der Waals surface area contributed by atoms with Crippen molar-refractivity contribution in [3.05, 3.63) is 33.8 Å². The molecule has 1 aliphatic rings. The van der Waals surface area contributed by atoms with Gasteiger partial charge in [-0.2, -0.15) is 0 Å². The van der Waals surface area contributed by atoms with E-state index in [1.165, 1.54) is 31.2 Å². The molecule has 2 unspecified atom stereocenters. The molecule has 2 atom stereocenters. The molecule has 1 saturated carbocycles. The molecule has 1 nitrogen and oxygen atoms in total. The van der Waals surface area contributed by atoms with Crippen LogP contribution in [0.1, 0.15) is 44.1 Å². The Morgan fingerprint density at radius 2 is 2.06 bits per heavy atom. The van der Waals surface area contributed by atoms with Crippen molar-refractivity contribution in [1.29, 1.82) is 0 Å². The van der Waals surface area contributed by atoms with Crippen LogP contribution in [0, 0.1) is 0 Å². The second-order valence-electron chi connectivity index (χ2n) is 4.83. The summed E-state index contributed by atoms with van der Waals surface area (Å²) in [5.41, 5.74) is 1.33. The topological polar surface area (TPSA) is 12.0 Å². The molecule has 1 aromatic rings. The van der Waals surface area contributed by atoms with Gasteiger partial charge in [-0.25, -0.2) is 0 Å². The van der Waals surface area contributed by atoms with Crippen LogP contribution in [0.5, 0.6) is 0 Å². The third kappa shape index (κ3) is 3.37. The lowest BCUT2D eigenvalue weighted by atomic mass is 9.97. The number of nitrogens with one attached hydrogen (secondary N) is 1. The van der Waals surface area contributed by atoms with Crippen molar-refractivity contribution in [2.45, 2.75) is 44.6 Å². The second kappa shape index (κ2) is 6.08. The summed E-state index contributed by atoms with van der Waals surface area (Å²) in [6, 6.07) is 6.72. The van der Waals surface area contributed by atoms with Gasteiger partial charge in [0.25, 0.3) is 0 Å². The second-order valence-corrected chi connectivity index (χ2v) is 5.65. The van der Waals surface area contributed by atoms with Crippen LogP contribution in [0.4, 0.5) is 0 Å². The minimum absolute atomic E-state index is 0.638. The average Bonchev–Trinajstić information content (AvgIpc) is 2.79. The normalized spacial score (nSPS) is 24.2. The first-order valence-electron chi connectivity index (χ1n) is 6.39. The van der Waals surface area contributed by atoms with Crippen molar-refractivity contribution < 1.29 is 0 Å². The molecule has 1 N–H and O–H groups in total. The zero-order chi connectivity index (χ0) is 12.3. The van der Waals surface area contributed by atoms with E-state index in [9.17, 15) is 0 Å². The summed E-state index contributed by atoms with van der Waals surface area (Å²) in [7, 11) is 0. The highest BCUT2D eigenvalue weighted by Crippen LogP contribution is 2.36. The fraction of sp³-hybridized carbons (Fsp3) is 0.571. The SMILES string of the molecule is CCCNC1CCC(c2ccc(Cl)c(Cl)c2)C1. The molecule has 1 aromatic carbocycles. The van der Waals surface area contributed by atoms with E-state index in [0.29, 0.717) is 22.0 Å². The molecule has 0 saturated heterocycles. The summed E-state index contributed by atoms with van der Waals surface area (Å²) < 4.78 is 0. The van der Waals surface area contributed by atoms with Gasteiger partial charge in [0.1, 0.15) is 0 Å². The molecule has 1 fully saturated rings. The summed E-state index contributed by atoms with van der Waals surface area (Å²) in [5.74, 6) is 0.638. The molecule has 0 radical (unpaired) electrons. The van der Waals surface area contributed by atoms with E-state index in [4.69, 9.17) is 23.2 Å². The van der Waals surface area contributed by atoms with Crippen molar-refractivity contribution in [3.8, 4) is 0 Å². The molecular weight excluding hydrogens is 253 g/mol. The molecule has 17 heavy (non-hydrogen) atoms. The van der Waals surface area contributed by atoms with Crippen LogP contribution in [-0.4, -0.2) is 12.6 Å². The molecule has 2 rings (SSSR count). The van der Waals surface area contributed by atoms with Crippen LogP contribution in [-0.2, 0) is 0 Å². The van der Waals surface area contributed by atoms with Crippen LogP contribution < -0.4 is 5.32 Å². The van der Waals surface area contributed by atoms with E-state index in [1.54, 1.807) is 0 Å². The maximum absolute atomic E-state index is 6.06. The lowest BCUT2D eigenvalue weighted by Gasteiger charge is -2.13. The van der Waals surface area contributed by atoms with Gasteiger partial charge in [0.05, 0.1) is 10.0 Å². The van der Waals surface area contributed by atoms with Crippen LogP contribution in [0.2, 0.25) is 10.0 Å². The van der Waals surface area contributed by atoms with Crippen molar-refractivity contribution in [2.75, 3.05) is 6.54 Å². The molecule has 0 amide bonds. The molecule has 3 heteroatoms. The van der Waals surface area contributed by atoms with E-state index >= 15 is 0 Å². The Morgan fingerprint density at radius 1 is 1.24 bits per heavy atom.